The average Bonchev–Trinajstić information content (AvgIpc) is 2.83. The molecule has 0 saturated carbocycles. The molecule has 7 heteroatoms. The summed E-state index contributed by atoms with van der Waals surface area (Å²) in [7, 11) is 1.54. The van der Waals surface area contributed by atoms with Crippen LogP contribution in [-0.2, 0) is 6.61 Å². The molecule has 0 atom stereocenters. The molecule has 0 spiro atoms. The van der Waals surface area contributed by atoms with E-state index in [0.717, 1.165) is 25.6 Å². The number of aryl methyl sites for hydroxylation is 1. The smallest absolute Gasteiger partial charge is 0.275 e. The lowest BCUT2D eigenvalue weighted by molar-refractivity contribution is 0.0952. The van der Waals surface area contributed by atoms with Gasteiger partial charge in [-0.15, -0.1) is 0 Å². The van der Waals surface area contributed by atoms with Crippen molar-refractivity contribution in [3.8, 4) is 11.5 Å². The van der Waals surface area contributed by atoms with Crippen LogP contribution in [0.5, 0.6) is 11.5 Å². The number of hydrogen-bond donors (Lipinski definition) is 1. The molecule has 34 heavy (non-hydrogen) atoms. The van der Waals surface area contributed by atoms with Crippen LogP contribution in [0.4, 0.5) is 0 Å². The number of methoxy groups -OCH3 is 1. The van der Waals surface area contributed by atoms with Crippen molar-refractivity contribution in [2.75, 3.05) is 7.11 Å². The maximum atomic E-state index is 12.5. The molecule has 0 aliphatic carbocycles. The Balaban J connectivity index is 1.45. The second-order valence-corrected chi connectivity index (χ2v) is 9.35. The van der Waals surface area contributed by atoms with Crippen molar-refractivity contribution in [3.05, 3.63) is 104 Å². The molecule has 0 saturated heterocycles. The van der Waals surface area contributed by atoms with E-state index in [4.69, 9.17) is 9.47 Å². The first kappa shape index (κ1) is 24.0. The molecule has 5 nitrogen and oxygen atoms in total. The minimum atomic E-state index is -0.346. The third-order valence-electron chi connectivity index (χ3n) is 5.25. The number of hydrazone groups is 1. The predicted molar refractivity (Wildman–Crippen MR) is 143 cm³/mol. The molecule has 0 radical (unpaired) electrons. The second-order valence-electron chi connectivity index (χ2n) is 7.64. The number of carbonyl (C=O) groups excluding carboxylic acids is 1. The Labute approximate surface area is 215 Å². The van der Waals surface area contributed by atoms with Crippen LogP contribution in [0.25, 0.3) is 10.8 Å². The fraction of sp³-hybridized carbons (Fsp3) is 0.111. The van der Waals surface area contributed by atoms with Crippen molar-refractivity contribution in [3.63, 3.8) is 0 Å². The molecule has 4 aromatic rings. The number of halogens is 2. The predicted octanol–water partition coefficient (Wildman–Crippen LogP) is 7.02. The molecule has 4 rings (SSSR count). The summed E-state index contributed by atoms with van der Waals surface area (Å²) in [5.74, 6) is 0.852. The van der Waals surface area contributed by atoms with Crippen LogP contribution >= 0.6 is 31.9 Å². The summed E-state index contributed by atoms with van der Waals surface area (Å²) in [5, 5.41) is 6.44. The summed E-state index contributed by atoms with van der Waals surface area (Å²) < 4.78 is 13.0. The molecule has 0 bridgehead atoms. The standard InChI is InChI=1S/C27H22Br2N2O3/c1-17-10-11-22(25(12-17)33-2)27(32)31-30-15-18-13-23(28)26(24(29)14-18)34-16-20-8-5-7-19-6-3-4-9-21(19)20/h3-15H,16H2,1-2H3,(H,31,32)/b30-15-. The van der Waals surface area contributed by atoms with Crippen molar-refractivity contribution in [1.82, 2.24) is 5.43 Å². The number of nitrogens with one attached hydrogen (secondary N) is 1. The highest BCUT2D eigenvalue weighted by Gasteiger charge is 2.12. The quantitative estimate of drug-likeness (QED) is 0.188. The lowest BCUT2D eigenvalue weighted by atomic mass is 10.1. The van der Waals surface area contributed by atoms with E-state index < -0.39 is 0 Å². The molecular weight excluding hydrogens is 560 g/mol. The van der Waals surface area contributed by atoms with Crippen molar-refractivity contribution < 1.29 is 14.3 Å². The lowest BCUT2D eigenvalue weighted by Crippen LogP contribution is -2.18. The third-order valence-corrected chi connectivity index (χ3v) is 6.43. The fourth-order valence-electron chi connectivity index (χ4n) is 3.57. The zero-order chi connectivity index (χ0) is 24.1. The van der Waals surface area contributed by atoms with Gasteiger partial charge >= 0.3 is 0 Å². The van der Waals surface area contributed by atoms with E-state index >= 15 is 0 Å². The summed E-state index contributed by atoms with van der Waals surface area (Å²) in [5.41, 5.74) is 5.87. The normalized spacial score (nSPS) is 11.1. The van der Waals surface area contributed by atoms with Crippen molar-refractivity contribution in [2.45, 2.75) is 13.5 Å². The molecule has 1 amide bonds. The number of rotatable bonds is 7. The van der Waals surface area contributed by atoms with Crippen LogP contribution in [0.15, 0.2) is 86.8 Å². The van der Waals surface area contributed by atoms with Gasteiger partial charge in [-0.1, -0.05) is 48.5 Å². The monoisotopic (exact) mass is 580 g/mol. The zero-order valence-corrected chi connectivity index (χ0v) is 21.8. The van der Waals surface area contributed by atoms with E-state index in [-0.39, 0.29) is 5.91 Å². The molecule has 172 valence electrons. The lowest BCUT2D eigenvalue weighted by Gasteiger charge is -2.13. The molecule has 0 unspecified atom stereocenters. The Morgan fingerprint density at radius 2 is 1.74 bits per heavy atom. The largest absolute Gasteiger partial charge is 0.496 e. The van der Waals surface area contributed by atoms with Gasteiger partial charge in [0.25, 0.3) is 5.91 Å². The van der Waals surface area contributed by atoms with E-state index in [2.05, 4.69) is 66.7 Å². The first-order valence-corrected chi connectivity index (χ1v) is 12.1. The van der Waals surface area contributed by atoms with Crippen molar-refractivity contribution in [1.29, 1.82) is 0 Å². The van der Waals surface area contributed by atoms with Gasteiger partial charge in [-0.25, -0.2) is 5.43 Å². The van der Waals surface area contributed by atoms with Gasteiger partial charge in [-0.2, -0.15) is 5.10 Å². The van der Waals surface area contributed by atoms with Gasteiger partial charge in [-0.3, -0.25) is 4.79 Å². The van der Waals surface area contributed by atoms with Gasteiger partial charge in [0, 0.05) is 0 Å². The first-order chi connectivity index (χ1) is 16.5. The van der Waals surface area contributed by atoms with Gasteiger partial charge in [-0.05, 0) is 90.5 Å². The minimum absolute atomic E-state index is 0.346. The van der Waals surface area contributed by atoms with Crippen LogP contribution < -0.4 is 14.9 Å². The highest BCUT2D eigenvalue weighted by Crippen LogP contribution is 2.35. The van der Waals surface area contributed by atoms with Gasteiger partial charge in [0.15, 0.2) is 0 Å². The molecule has 0 aliphatic heterocycles. The van der Waals surface area contributed by atoms with Crippen LogP contribution in [0, 0.1) is 6.92 Å². The van der Waals surface area contributed by atoms with Crippen LogP contribution in [0.2, 0.25) is 0 Å². The van der Waals surface area contributed by atoms with E-state index in [9.17, 15) is 4.79 Å². The van der Waals surface area contributed by atoms with Gasteiger partial charge in [0.2, 0.25) is 0 Å². The van der Waals surface area contributed by atoms with Gasteiger partial charge in [0.05, 0.1) is 27.8 Å². The SMILES string of the molecule is COc1cc(C)ccc1C(=O)N/N=C\c1cc(Br)c(OCc2cccc3ccccc23)c(Br)c1. The highest BCUT2D eigenvalue weighted by atomic mass is 79.9. The zero-order valence-electron chi connectivity index (χ0n) is 18.6. The maximum absolute atomic E-state index is 12.5. The summed E-state index contributed by atoms with van der Waals surface area (Å²) in [6.07, 6.45) is 1.57. The molecule has 0 fully saturated rings. The van der Waals surface area contributed by atoms with E-state index in [1.54, 1.807) is 12.3 Å². The first-order valence-electron chi connectivity index (χ1n) is 10.5. The summed E-state index contributed by atoms with van der Waals surface area (Å²) >= 11 is 7.17. The molecule has 1 N–H and O–H groups in total. The number of nitrogens with zero attached hydrogens (tertiary/aromatic N) is 1. The van der Waals surface area contributed by atoms with Crippen molar-refractivity contribution in [2.24, 2.45) is 5.10 Å². The number of carbonyl (C=O) groups is 1. The van der Waals surface area contributed by atoms with Crippen molar-refractivity contribution >= 4 is 54.8 Å². The summed E-state index contributed by atoms with van der Waals surface area (Å²) in [4.78, 5) is 12.5. The Hall–Kier alpha value is -3.16. The third kappa shape index (κ3) is 5.48. The Bertz CT molecular complexity index is 1360. The molecule has 0 aromatic heterocycles. The second kappa shape index (κ2) is 10.8. The van der Waals surface area contributed by atoms with E-state index in [1.807, 2.05) is 49.4 Å². The van der Waals surface area contributed by atoms with Crippen LogP contribution in [0.3, 0.4) is 0 Å². The fourth-order valence-corrected chi connectivity index (χ4v) is 5.02. The van der Waals surface area contributed by atoms with Crippen LogP contribution in [-0.4, -0.2) is 19.2 Å². The molecular formula is C27H22Br2N2O3. The molecule has 0 heterocycles. The number of amides is 1. The highest BCUT2D eigenvalue weighted by molar-refractivity contribution is 9.11. The topological polar surface area (TPSA) is 59.9 Å². The average molecular weight is 582 g/mol. The number of ether oxygens (including phenoxy) is 2. The number of fused-ring (bicyclic) bond motifs is 1. The molecule has 4 aromatic carbocycles. The summed E-state index contributed by atoms with van der Waals surface area (Å²) in [6, 6.07) is 23.6. The Morgan fingerprint density at radius 3 is 2.50 bits per heavy atom. The minimum Gasteiger partial charge on any atom is -0.496 e. The molecule has 0 aliphatic rings. The Morgan fingerprint density at radius 1 is 1.00 bits per heavy atom. The van der Waals surface area contributed by atoms with Gasteiger partial charge in [0.1, 0.15) is 18.1 Å². The Kier molecular flexibility index (Phi) is 7.65. The maximum Gasteiger partial charge on any atom is 0.275 e. The van der Waals surface area contributed by atoms with Gasteiger partial charge < -0.3 is 9.47 Å². The van der Waals surface area contributed by atoms with Crippen LogP contribution in [0.1, 0.15) is 27.0 Å². The number of hydrogen-bond acceptors (Lipinski definition) is 4. The number of benzene rings is 4. The van der Waals surface area contributed by atoms with E-state index in [1.165, 1.54) is 17.9 Å². The van der Waals surface area contributed by atoms with E-state index in [0.29, 0.717) is 23.7 Å². The summed E-state index contributed by atoms with van der Waals surface area (Å²) in [6.45, 7) is 2.37.